The summed E-state index contributed by atoms with van der Waals surface area (Å²) >= 11 is 0. The van der Waals surface area contributed by atoms with Gasteiger partial charge in [0.1, 0.15) is 17.0 Å². The maximum absolute atomic E-state index is 14.1. The number of carbonyl (C=O) groups is 2. The standard InChI is InChI=1S/C30H30N4O3/c1-20-10-11-21(2)26(16-20)34-28(35)27-17-25(23-12-14-24(37-4)15-13-23)32-33(27)19-30(34,3)29(36)31-18-22-8-6-5-7-9-22/h5-17H,18-19H2,1-4H3,(H,31,36)/t30-/m1/s1. The highest BCUT2D eigenvalue weighted by Gasteiger charge is 2.49. The Bertz CT molecular complexity index is 1460. The molecule has 0 radical (unpaired) electrons. The summed E-state index contributed by atoms with van der Waals surface area (Å²) in [5, 5.41) is 7.80. The molecule has 2 amide bonds. The summed E-state index contributed by atoms with van der Waals surface area (Å²) in [4.78, 5) is 29.5. The van der Waals surface area contributed by atoms with Gasteiger partial charge in [0.05, 0.1) is 19.3 Å². The lowest BCUT2D eigenvalue weighted by Crippen LogP contribution is -2.64. The number of fused-ring (bicyclic) bond motifs is 1. The van der Waals surface area contributed by atoms with Crippen LogP contribution in [0, 0.1) is 13.8 Å². The van der Waals surface area contributed by atoms with Crippen molar-refractivity contribution in [2.24, 2.45) is 0 Å². The molecule has 1 N–H and O–H groups in total. The maximum Gasteiger partial charge on any atom is 0.277 e. The number of methoxy groups -OCH3 is 1. The number of benzene rings is 3. The van der Waals surface area contributed by atoms with Gasteiger partial charge >= 0.3 is 0 Å². The van der Waals surface area contributed by atoms with Crippen LogP contribution in [0.3, 0.4) is 0 Å². The Morgan fingerprint density at radius 1 is 1.03 bits per heavy atom. The molecule has 0 fully saturated rings. The van der Waals surface area contributed by atoms with E-state index in [2.05, 4.69) is 5.32 Å². The first-order chi connectivity index (χ1) is 17.8. The molecule has 37 heavy (non-hydrogen) atoms. The van der Waals surface area contributed by atoms with E-state index in [4.69, 9.17) is 9.84 Å². The third-order valence-electron chi connectivity index (χ3n) is 6.93. The van der Waals surface area contributed by atoms with E-state index in [9.17, 15) is 9.59 Å². The summed E-state index contributed by atoms with van der Waals surface area (Å²) < 4.78 is 6.92. The van der Waals surface area contributed by atoms with E-state index in [1.165, 1.54) is 0 Å². The van der Waals surface area contributed by atoms with Gasteiger partial charge in [0.15, 0.2) is 0 Å². The highest BCUT2D eigenvalue weighted by atomic mass is 16.5. The second kappa shape index (κ2) is 9.58. The number of carbonyl (C=O) groups excluding carboxylic acids is 2. The zero-order valence-electron chi connectivity index (χ0n) is 21.5. The van der Waals surface area contributed by atoms with Gasteiger partial charge in [-0.1, -0.05) is 42.5 Å². The molecule has 0 unspecified atom stereocenters. The molecule has 188 valence electrons. The molecule has 1 atom stereocenters. The van der Waals surface area contributed by atoms with E-state index in [0.717, 1.165) is 33.7 Å². The van der Waals surface area contributed by atoms with Crippen molar-refractivity contribution < 1.29 is 14.3 Å². The minimum absolute atomic E-state index is 0.220. The Balaban J connectivity index is 1.56. The zero-order chi connectivity index (χ0) is 26.2. The number of aryl methyl sites for hydroxylation is 2. The number of aromatic nitrogens is 2. The molecule has 7 nitrogen and oxygen atoms in total. The number of anilines is 1. The van der Waals surface area contributed by atoms with Crippen molar-refractivity contribution in [3.05, 3.63) is 101 Å². The third kappa shape index (κ3) is 4.48. The van der Waals surface area contributed by atoms with Crippen molar-refractivity contribution in [3.8, 4) is 17.0 Å². The summed E-state index contributed by atoms with van der Waals surface area (Å²) in [5.41, 5.74) is 4.43. The predicted molar refractivity (Wildman–Crippen MR) is 144 cm³/mol. The van der Waals surface area contributed by atoms with Gasteiger partial charge in [-0.3, -0.25) is 19.2 Å². The van der Waals surface area contributed by atoms with E-state index in [1.54, 1.807) is 22.8 Å². The largest absolute Gasteiger partial charge is 0.497 e. The predicted octanol–water partition coefficient (Wildman–Crippen LogP) is 4.91. The average Bonchev–Trinajstić information content (AvgIpc) is 3.34. The van der Waals surface area contributed by atoms with Crippen molar-refractivity contribution in [1.29, 1.82) is 0 Å². The number of hydrogen-bond donors (Lipinski definition) is 1. The fourth-order valence-electron chi connectivity index (χ4n) is 4.79. The Kier molecular flexibility index (Phi) is 6.29. The third-order valence-corrected chi connectivity index (χ3v) is 6.93. The van der Waals surface area contributed by atoms with E-state index in [0.29, 0.717) is 17.9 Å². The first-order valence-electron chi connectivity index (χ1n) is 12.3. The Labute approximate surface area is 216 Å². The van der Waals surface area contributed by atoms with Gasteiger partial charge in [0.2, 0.25) is 5.91 Å². The van der Waals surface area contributed by atoms with Crippen LogP contribution in [0.25, 0.3) is 11.3 Å². The fourth-order valence-corrected chi connectivity index (χ4v) is 4.79. The number of nitrogens with zero attached hydrogens (tertiary/aromatic N) is 3. The molecule has 1 aliphatic heterocycles. The number of amides is 2. The Hall–Kier alpha value is -4.39. The summed E-state index contributed by atoms with van der Waals surface area (Å²) in [5.74, 6) is 0.245. The molecule has 1 aliphatic rings. The first kappa shape index (κ1) is 24.3. The summed E-state index contributed by atoms with van der Waals surface area (Å²) in [6, 6.07) is 25.0. The van der Waals surface area contributed by atoms with Gasteiger partial charge in [-0.25, -0.2) is 0 Å². The summed E-state index contributed by atoms with van der Waals surface area (Å²) in [6.45, 7) is 6.34. The number of ether oxygens (including phenoxy) is 1. The molecule has 3 aromatic carbocycles. The van der Waals surface area contributed by atoms with Crippen LogP contribution in [0.5, 0.6) is 5.75 Å². The Morgan fingerprint density at radius 2 is 1.76 bits per heavy atom. The molecule has 0 saturated heterocycles. The van der Waals surface area contributed by atoms with Crippen molar-refractivity contribution in [2.45, 2.75) is 39.4 Å². The average molecular weight is 495 g/mol. The molecule has 5 rings (SSSR count). The van der Waals surface area contributed by atoms with Gasteiger partial charge in [-0.2, -0.15) is 5.10 Å². The van der Waals surface area contributed by atoms with Crippen LogP contribution >= 0.6 is 0 Å². The lowest BCUT2D eigenvalue weighted by atomic mass is 9.92. The van der Waals surface area contributed by atoms with Crippen LogP contribution in [-0.2, 0) is 17.9 Å². The van der Waals surface area contributed by atoms with Crippen LogP contribution in [0.4, 0.5) is 5.69 Å². The Morgan fingerprint density at radius 3 is 2.46 bits per heavy atom. The lowest BCUT2D eigenvalue weighted by Gasteiger charge is -2.43. The van der Waals surface area contributed by atoms with E-state index in [-0.39, 0.29) is 18.4 Å². The van der Waals surface area contributed by atoms with E-state index >= 15 is 0 Å². The number of nitrogens with one attached hydrogen (secondary N) is 1. The van der Waals surface area contributed by atoms with Crippen molar-refractivity contribution >= 4 is 17.5 Å². The molecule has 0 spiro atoms. The summed E-state index contributed by atoms with van der Waals surface area (Å²) in [7, 11) is 1.62. The lowest BCUT2D eigenvalue weighted by molar-refractivity contribution is -0.126. The second-order valence-electron chi connectivity index (χ2n) is 9.67. The smallest absolute Gasteiger partial charge is 0.277 e. The fraction of sp³-hybridized carbons (Fsp3) is 0.233. The minimum Gasteiger partial charge on any atom is -0.497 e. The second-order valence-corrected chi connectivity index (χ2v) is 9.67. The van der Waals surface area contributed by atoms with E-state index < -0.39 is 5.54 Å². The van der Waals surface area contributed by atoms with Crippen molar-refractivity contribution in [3.63, 3.8) is 0 Å². The van der Waals surface area contributed by atoms with Gasteiger partial charge < -0.3 is 10.1 Å². The van der Waals surface area contributed by atoms with Crippen LogP contribution in [0.15, 0.2) is 78.9 Å². The minimum atomic E-state index is -1.19. The topological polar surface area (TPSA) is 76.5 Å². The first-order valence-corrected chi connectivity index (χ1v) is 12.3. The normalized spacial score (nSPS) is 16.9. The van der Waals surface area contributed by atoms with Gasteiger partial charge in [0.25, 0.3) is 5.91 Å². The van der Waals surface area contributed by atoms with Crippen LogP contribution in [0.1, 0.15) is 34.1 Å². The molecular formula is C30H30N4O3. The van der Waals surface area contributed by atoms with E-state index in [1.807, 2.05) is 93.6 Å². The van der Waals surface area contributed by atoms with Gasteiger partial charge in [-0.15, -0.1) is 0 Å². The van der Waals surface area contributed by atoms with Crippen molar-refractivity contribution in [1.82, 2.24) is 15.1 Å². The van der Waals surface area contributed by atoms with Gasteiger partial charge in [-0.05, 0) is 73.9 Å². The zero-order valence-corrected chi connectivity index (χ0v) is 21.5. The molecule has 1 aromatic heterocycles. The van der Waals surface area contributed by atoms with Crippen molar-refractivity contribution in [2.75, 3.05) is 12.0 Å². The maximum atomic E-state index is 14.1. The SMILES string of the molecule is COc1ccc(-c2cc3n(n2)C[C@](C)(C(=O)NCc2ccccc2)N(c2cc(C)ccc2C)C3=O)cc1. The van der Waals surface area contributed by atoms with Crippen LogP contribution < -0.4 is 15.0 Å². The molecule has 2 heterocycles. The van der Waals surface area contributed by atoms with Crippen LogP contribution in [-0.4, -0.2) is 34.2 Å². The highest BCUT2D eigenvalue weighted by molar-refractivity contribution is 6.12. The molecule has 0 bridgehead atoms. The number of hydrogen-bond acceptors (Lipinski definition) is 4. The number of rotatable bonds is 6. The quantitative estimate of drug-likeness (QED) is 0.413. The van der Waals surface area contributed by atoms with Gasteiger partial charge in [0, 0.05) is 17.8 Å². The monoisotopic (exact) mass is 494 g/mol. The summed E-state index contributed by atoms with van der Waals surface area (Å²) in [6.07, 6.45) is 0. The molecule has 7 heteroatoms. The van der Waals surface area contributed by atoms with Crippen LogP contribution in [0.2, 0.25) is 0 Å². The molecular weight excluding hydrogens is 464 g/mol. The molecule has 0 aliphatic carbocycles. The highest BCUT2D eigenvalue weighted by Crippen LogP contribution is 2.36. The molecule has 4 aromatic rings. The molecule has 0 saturated carbocycles.